The molecular weight excluding hydrogens is 190 g/mol. The Bertz CT molecular complexity index is 258. The number of ether oxygens (including phenoxy) is 1. The lowest BCUT2D eigenvalue weighted by molar-refractivity contribution is -0.134. The molecule has 1 heterocycles. The summed E-state index contributed by atoms with van der Waals surface area (Å²) in [4.78, 5) is 13.6. The minimum atomic E-state index is -0.228. The van der Waals surface area contributed by atoms with Gasteiger partial charge in [-0.15, -0.1) is 0 Å². The van der Waals surface area contributed by atoms with Crippen molar-refractivity contribution in [1.82, 2.24) is 4.90 Å². The second-order valence-electron chi connectivity index (χ2n) is 4.25. The summed E-state index contributed by atoms with van der Waals surface area (Å²) in [6, 6.07) is 0.961. The van der Waals surface area contributed by atoms with Crippen LogP contribution in [-0.4, -0.2) is 36.6 Å². The number of hydrogen-bond acceptors (Lipinski definition) is 3. The fourth-order valence-corrected chi connectivity index (χ4v) is 2.29. The van der Waals surface area contributed by atoms with Crippen LogP contribution in [0.3, 0.4) is 0 Å². The van der Waals surface area contributed by atoms with E-state index < -0.39 is 0 Å². The molecule has 1 unspecified atom stereocenters. The van der Waals surface area contributed by atoms with Crippen molar-refractivity contribution in [1.29, 1.82) is 0 Å². The number of esters is 1. The van der Waals surface area contributed by atoms with Gasteiger partial charge in [0.15, 0.2) is 0 Å². The van der Waals surface area contributed by atoms with Gasteiger partial charge in [0.2, 0.25) is 0 Å². The predicted molar refractivity (Wildman–Crippen MR) is 60.6 cm³/mol. The van der Waals surface area contributed by atoms with E-state index in [1.165, 1.54) is 12.7 Å². The first-order valence-electron chi connectivity index (χ1n) is 5.64. The Morgan fingerprint density at radius 2 is 2.33 bits per heavy atom. The largest absolute Gasteiger partial charge is 0.466 e. The van der Waals surface area contributed by atoms with Crippen molar-refractivity contribution in [2.45, 2.75) is 45.7 Å². The molecule has 0 radical (unpaired) electrons. The maximum absolute atomic E-state index is 11.2. The van der Waals surface area contributed by atoms with Crippen LogP contribution < -0.4 is 0 Å². The van der Waals surface area contributed by atoms with E-state index in [0.29, 0.717) is 12.1 Å². The van der Waals surface area contributed by atoms with Gasteiger partial charge in [-0.3, -0.25) is 4.90 Å². The molecule has 0 spiro atoms. The summed E-state index contributed by atoms with van der Waals surface area (Å²) in [6.07, 6.45) is 3.71. The van der Waals surface area contributed by atoms with Gasteiger partial charge in [-0.1, -0.05) is 6.92 Å². The molecule has 0 aromatic heterocycles. The Hall–Kier alpha value is -0.830. The highest BCUT2D eigenvalue weighted by Crippen LogP contribution is 2.27. The SMILES string of the molecule is CCC1/C(=C/C(=O)OC)CCN1C(C)C. The summed E-state index contributed by atoms with van der Waals surface area (Å²) in [5, 5.41) is 0. The van der Waals surface area contributed by atoms with Gasteiger partial charge in [-0.25, -0.2) is 4.79 Å². The third-order valence-corrected chi connectivity index (χ3v) is 3.04. The molecule has 3 nitrogen and oxygen atoms in total. The summed E-state index contributed by atoms with van der Waals surface area (Å²) in [5.74, 6) is -0.228. The molecule has 0 amide bonds. The van der Waals surface area contributed by atoms with Crippen LogP contribution in [0.1, 0.15) is 33.6 Å². The van der Waals surface area contributed by atoms with Crippen molar-refractivity contribution in [3.05, 3.63) is 11.6 Å². The molecule has 1 atom stereocenters. The second kappa shape index (κ2) is 5.31. The van der Waals surface area contributed by atoms with E-state index in [1.54, 1.807) is 6.08 Å². The molecule has 1 aliphatic heterocycles. The normalized spacial score (nSPS) is 25.1. The van der Waals surface area contributed by atoms with Crippen LogP contribution in [-0.2, 0) is 9.53 Å². The van der Waals surface area contributed by atoms with Crippen molar-refractivity contribution in [2.24, 2.45) is 0 Å². The highest BCUT2D eigenvalue weighted by Gasteiger charge is 2.29. The molecule has 1 aliphatic rings. The van der Waals surface area contributed by atoms with Crippen molar-refractivity contribution in [2.75, 3.05) is 13.7 Å². The molecule has 1 fully saturated rings. The number of likely N-dealkylation sites (tertiary alicyclic amines) is 1. The zero-order valence-electron chi connectivity index (χ0n) is 10.1. The van der Waals surface area contributed by atoms with Crippen LogP contribution in [0.5, 0.6) is 0 Å². The Kier molecular flexibility index (Phi) is 4.33. The fourth-order valence-electron chi connectivity index (χ4n) is 2.29. The topological polar surface area (TPSA) is 29.5 Å². The molecule has 0 aromatic rings. The van der Waals surface area contributed by atoms with Crippen molar-refractivity contribution < 1.29 is 9.53 Å². The first kappa shape index (κ1) is 12.2. The highest BCUT2D eigenvalue weighted by atomic mass is 16.5. The molecule has 0 N–H and O–H groups in total. The van der Waals surface area contributed by atoms with Crippen LogP contribution in [0.4, 0.5) is 0 Å². The second-order valence-corrected chi connectivity index (χ2v) is 4.25. The van der Waals surface area contributed by atoms with E-state index >= 15 is 0 Å². The molecule has 1 saturated heterocycles. The van der Waals surface area contributed by atoms with E-state index in [4.69, 9.17) is 0 Å². The van der Waals surface area contributed by atoms with Gasteiger partial charge in [0.05, 0.1) is 7.11 Å². The molecular formula is C12H21NO2. The molecule has 3 heteroatoms. The lowest BCUT2D eigenvalue weighted by Gasteiger charge is -2.27. The average molecular weight is 211 g/mol. The van der Waals surface area contributed by atoms with Crippen LogP contribution in [0.15, 0.2) is 11.6 Å². The summed E-state index contributed by atoms with van der Waals surface area (Å²) >= 11 is 0. The van der Waals surface area contributed by atoms with Gasteiger partial charge >= 0.3 is 5.97 Å². The Labute approximate surface area is 92.1 Å². The third kappa shape index (κ3) is 2.81. The Morgan fingerprint density at radius 3 is 2.80 bits per heavy atom. The number of carbonyl (C=O) groups is 1. The van der Waals surface area contributed by atoms with Crippen molar-refractivity contribution in [3.63, 3.8) is 0 Å². The number of hydrogen-bond donors (Lipinski definition) is 0. The number of methoxy groups -OCH3 is 1. The monoisotopic (exact) mass is 211 g/mol. The summed E-state index contributed by atoms with van der Waals surface area (Å²) in [6.45, 7) is 7.61. The average Bonchev–Trinajstić information content (AvgIpc) is 2.60. The predicted octanol–water partition coefficient (Wildman–Crippen LogP) is 1.98. The minimum absolute atomic E-state index is 0.228. The zero-order valence-corrected chi connectivity index (χ0v) is 10.1. The Morgan fingerprint density at radius 1 is 1.67 bits per heavy atom. The standard InChI is InChI=1S/C12H21NO2/c1-5-11-10(8-12(14)15-4)6-7-13(11)9(2)3/h8-9,11H,5-7H2,1-4H3/b10-8+. The molecule has 15 heavy (non-hydrogen) atoms. The van der Waals surface area contributed by atoms with Gasteiger partial charge in [0.1, 0.15) is 0 Å². The van der Waals surface area contributed by atoms with E-state index in [1.807, 2.05) is 0 Å². The smallest absolute Gasteiger partial charge is 0.330 e. The van der Waals surface area contributed by atoms with Crippen LogP contribution in [0.2, 0.25) is 0 Å². The van der Waals surface area contributed by atoms with Crippen LogP contribution in [0, 0.1) is 0 Å². The first-order valence-corrected chi connectivity index (χ1v) is 5.64. The summed E-state index contributed by atoms with van der Waals surface area (Å²) in [5.41, 5.74) is 1.22. The first-order chi connectivity index (χ1) is 7.10. The molecule has 0 aliphatic carbocycles. The number of rotatable bonds is 3. The lowest BCUT2D eigenvalue weighted by Crippen LogP contribution is -2.35. The molecule has 0 aromatic carbocycles. The number of nitrogens with zero attached hydrogens (tertiary/aromatic N) is 1. The van der Waals surface area contributed by atoms with Crippen molar-refractivity contribution in [3.8, 4) is 0 Å². The van der Waals surface area contributed by atoms with Gasteiger partial charge in [-0.2, -0.15) is 0 Å². The van der Waals surface area contributed by atoms with Gasteiger partial charge in [0, 0.05) is 24.7 Å². The maximum atomic E-state index is 11.2. The van der Waals surface area contributed by atoms with Gasteiger partial charge in [-0.05, 0) is 32.3 Å². The number of carbonyl (C=O) groups excluding carboxylic acids is 1. The van der Waals surface area contributed by atoms with E-state index in [0.717, 1.165) is 19.4 Å². The minimum Gasteiger partial charge on any atom is -0.466 e. The quantitative estimate of drug-likeness (QED) is 0.528. The van der Waals surface area contributed by atoms with Gasteiger partial charge in [0.25, 0.3) is 0 Å². The third-order valence-electron chi connectivity index (χ3n) is 3.04. The van der Waals surface area contributed by atoms with E-state index in [2.05, 4.69) is 30.4 Å². The fraction of sp³-hybridized carbons (Fsp3) is 0.750. The molecule has 1 rings (SSSR count). The zero-order chi connectivity index (χ0) is 11.4. The Balaban J connectivity index is 2.77. The molecule has 0 bridgehead atoms. The van der Waals surface area contributed by atoms with Crippen LogP contribution in [0.25, 0.3) is 0 Å². The van der Waals surface area contributed by atoms with Gasteiger partial charge < -0.3 is 4.74 Å². The maximum Gasteiger partial charge on any atom is 0.330 e. The molecule has 0 saturated carbocycles. The van der Waals surface area contributed by atoms with E-state index in [-0.39, 0.29) is 5.97 Å². The summed E-state index contributed by atoms with van der Waals surface area (Å²) in [7, 11) is 1.43. The molecule has 86 valence electrons. The highest BCUT2D eigenvalue weighted by molar-refractivity contribution is 5.83. The van der Waals surface area contributed by atoms with Crippen molar-refractivity contribution >= 4 is 5.97 Å². The van der Waals surface area contributed by atoms with E-state index in [9.17, 15) is 4.79 Å². The van der Waals surface area contributed by atoms with Crippen LogP contribution >= 0.6 is 0 Å². The lowest BCUT2D eigenvalue weighted by atomic mass is 10.0. The summed E-state index contributed by atoms with van der Waals surface area (Å²) < 4.78 is 4.67.